The first-order valence-corrected chi connectivity index (χ1v) is 14.3. The molecule has 1 saturated heterocycles. The molecule has 7 rings (SSSR count). The molecule has 2 aromatic heterocycles. The van der Waals surface area contributed by atoms with Crippen molar-refractivity contribution >= 4 is 32.7 Å². The maximum Gasteiger partial charge on any atom is 0.335 e. The Labute approximate surface area is 231 Å². The van der Waals surface area contributed by atoms with E-state index < -0.39 is 23.4 Å². The van der Waals surface area contributed by atoms with E-state index in [-0.39, 0.29) is 41.0 Å². The molecule has 1 aliphatic heterocycles. The minimum atomic E-state index is -1.17. The number of rotatable bonds is 7. The van der Waals surface area contributed by atoms with Gasteiger partial charge in [0.2, 0.25) is 0 Å². The molecule has 0 radical (unpaired) electrons. The van der Waals surface area contributed by atoms with Gasteiger partial charge in [0.15, 0.2) is 10.9 Å². The number of hydrogen-bond acceptors (Lipinski definition) is 7. The Balaban J connectivity index is 1.06. The van der Waals surface area contributed by atoms with E-state index in [0.717, 1.165) is 51.3 Å². The molecule has 3 fully saturated rings. The average Bonchev–Trinajstić information content (AvgIpc) is 3.33. The third-order valence-corrected chi connectivity index (χ3v) is 9.45. The Morgan fingerprint density at radius 2 is 1.85 bits per heavy atom. The monoisotopic (exact) mass is 569 g/mol. The molecule has 7 nitrogen and oxygen atoms in total. The van der Waals surface area contributed by atoms with Crippen molar-refractivity contribution in [2.45, 2.75) is 50.7 Å². The van der Waals surface area contributed by atoms with Crippen molar-refractivity contribution in [3.05, 3.63) is 64.7 Å². The van der Waals surface area contributed by atoms with E-state index in [0.29, 0.717) is 33.0 Å². The maximum atomic E-state index is 14.6. The lowest BCUT2D eigenvalue weighted by molar-refractivity contribution is -0.00495. The van der Waals surface area contributed by atoms with Crippen molar-refractivity contribution < 1.29 is 32.3 Å². The number of thiazole rings is 1. The van der Waals surface area contributed by atoms with Gasteiger partial charge in [-0.3, -0.25) is 0 Å². The molecule has 3 heterocycles. The number of fused-ring (bicyclic) bond motifs is 2. The van der Waals surface area contributed by atoms with E-state index in [1.165, 1.54) is 35.6 Å². The topological polar surface area (TPSA) is 88.7 Å². The fraction of sp³-hybridized carbons (Fsp3) is 0.414. The Bertz CT molecular complexity index is 1600. The quantitative estimate of drug-likeness (QED) is 0.263. The van der Waals surface area contributed by atoms with Gasteiger partial charge in [-0.15, -0.1) is 0 Å². The molecule has 40 heavy (non-hydrogen) atoms. The van der Waals surface area contributed by atoms with Crippen LogP contribution in [0.3, 0.4) is 0 Å². The zero-order valence-corrected chi connectivity index (χ0v) is 22.2. The molecular weight excluding hydrogens is 543 g/mol. The smallest absolute Gasteiger partial charge is 0.335 e. The van der Waals surface area contributed by atoms with Crippen LogP contribution in [0.4, 0.5) is 18.3 Å². The van der Waals surface area contributed by atoms with Gasteiger partial charge in [-0.1, -0.05) is 22.6 Å². The molecule has 4 aromatic rings. The van der Waals surface area contributed by atoms with Crippen molar-refractivity contribution in [3.63, 3.8) is 0 Å². The number of aromatic carboxylic acids is 1. The molecule has 11 heteroatoms. The van der Waals surface area contributed by atoms with Crippen LogP contribution in [0.5, 0.6) is 0 Å². The van der Waals surface area contributed by atoms with Crippen LogP contribution in [0, 0.1) is 29.3 Å². The highest BCUT2D eigenvalue weighted by atomic mass is 32.1. The zero-order chi connectivity index (χ0) is 27.5. The van der Waals surface area contributed by atoms with Crippen molar-refractivity contribution in [1.29, 1.82) is 0 Å². The number of nitrogens with zero attached hydrogens (tertiary/aromatic N) is 3. The molecule has 2 saturated carbocycles. The Morgan fingerprint density at radius 3 is 2.60 bits per heavy atom. The van der Waals surface area contributed by atoms with Gasteiger partial charge in [-0.25, -0.2) is 22.9 Å². The predicted molar refractivity (Wildman–Crippen MR) is 142 cm³/mol. The number of aromatic nitrogens is 2. The highest BCUT2D eigenvalue weighted by Crippen LogP contribution is 2.46. The van der Waals surface area contributed by atoms with Gasteiger partial charge in [0.05, 0.1) is 28.5 Å². The van der Waals surface area contributed by atoms with E-state index in [1.54, 1.807) is 0 Å². The number of benzene rings is 2. The Morgan fingerprint density at radius 1 is 1.07 bits per heavy atom. The van der Waals surface area contributed by atoms with Gasteiger partial charge < -0.3 is 19.3 Å². The summed E-state index contributed by atoms with van der Waals surface area (Å²) in [6.07, 6.45) is 4.54. The second kappa shape index (κ2) is 9.88. The molecule has 208 valence electrons. The molecule has 0 bridgehead atoms. The fourth-order valence-electron chi connectivity index (χ4n) is 6.18. The SMILES string of the molecule is O=C(O)c1cc(F)c2nc(N3C[C@H]4C[C@H](OCc5c(-c6c(F)cccc6F)noc5C5CC5)CC[C@H]4C3)sc2c1. The number of carboxylic acid groups (broad SMARTS) is 1. The van der Waals surface area contributed by atoms with E-state index in [2.05, 4.69) is 15.0 Å². The third kappa shape index (κ3) is 4.54. The third-order valence-electron chi connectivity index (χ3n) is 8.39. The molecule has 1 N–H and O–H groups in total. The molecular formula is C29H26F3N3O4S. The summed E-state index contributed by atoms with van der Waals surface area (Å²) in [6.45, 7) is 1.73. The van der Waals surface area contributed by atoms with Crippen LogP contribution in [-0.4, -0.2) is 40.4 Å². The summed E-state index contributed by atoms with van der Waals surface area (Å²) in [5.41, 5.74) is 0.720. The number of carboxylic acids is 1. The number of hydrogen-bond donors (Lipinski definition) is 1. The first kappa shape index (κ1) is 25.5. The van der Waals surface area contributed by atoms with Crippen LogP contribution >= 0.6 is 11.3 Å². The summed E-state index contributed by atoms with van der Waals surface area (Å²) < 4.78 is 56.1. The van der Waals surface area contributed by atoms with Gasteiger partial charge in [-0.2, -0.15) is 0 Å². The van der Waals surface area contributed by atoms with Gasteiger partial charge >= 0.3 is 5.97 Å². The second-order valence-electron chi connectivity index (χ2n) is 11.0. The van der Waals surface area contributed by atoms with Crippen LogP contribution in [0.1, 0.15) is 59.7 Å². The summed E-state index contributed by atoms with van der Waals surface area (Å²) in [5.74, 6) is -1.49. The maximum absolute atomic E-state index is 14.6. The summed E-state index contributed by atoms with van der Waals surface area (Å²) in [4.78, 5) is 18.0. The average molecular weight is 570 g/mol. The highest BCUT2D eigenvalue weighted by Gasteiger charge is 2.40. The van der Waals surface area contributed by atoms with Crippen LogP contribution in [0.15, 0.2) is 34.9 Å². The first-order chi connectivity index (χ1) is 19.4. The Kier molecular flexibility index (Phi) is 6.31. The number of ether oxygens (including phenoxy) is 1. The van der Waals surface area contributed by atoms with Crippen LogP contribution in [0.25, 0.3) is 21.5 Å². The molecule has 2 aliphatic carbocycles. The summed E-state index contributed by atoms with van der Waals surface area (Å²) in [5, 5.41) is 14.0. The minimum Gasteiger partial charge on any atom is -0.478 e. The largest absolute Gasteiger partial charge is 0.478 e. The van der Waals surface area contributed by atoms with Crippen molar-refractivity contribution in [1.82, 2.24) is 10.1 Å². The second-order valence-corrected chi connectivity index (χ2v) is 12.0. The molecule has 0 amide bonds. The number of anilines is 1. The van der Waals surface area contributed by atoms with Gasteiger partial charge in [-0.05, 0) is 68.2 Å². The summed E-state index contributed by atoms with van der Waals surface area (Å²) >= 11 is 1.31. The molecule has 0 spiro atoms. The Hall–Kier alpha value is -3.44. The van der Waals surface area contributed by atoms with E-state index in [1.807, 2.05) is 0 Å². The lowest BCUT2D eigenvalue weighted by atomic mass is 9.80. The van der Waals surface area contributed by atoms with Crippen LogP contribution < -0.4 is 4.90 Å². The molecule has 3 atom stereocenters. The van der Waals surface area contributed by atoms with Gasteiger partial charge in [0, 0.05) is 24.6 Å². The predicted octanol–water partition coefficient (Wildman–Crippen LogP) is 6.77. The summed E-state index contributed by atoms with van der Waals surface area (Å²) in [7, 11) is 0. The normalized spacial score (nSPS) is 22.7. The van der Waals surface area contributed by atoms with E-state index in [4.69, 9.17) is 9.26 Å². The van der Waals surface area contributed by atoms with Crippen molar-refractivity contribution in [2.75, 3.05) is 18.0 Å². The standard InChI is InChI=1S/C29H26F3N3O4S/c30-20-2-1-3-21(31)24(20)25-19(27(39-34-25)14-4-5-14)13-38-18-7-6-15-11-35(12-17(15)8-18)29-33-26-22(32)9-16(28(36)37)10-23(26)40-29/h1-3,9-10,14-15,17-18H,4-8,11-13H2,(H,36,37)/t15-,17+,18+/m0/s1. The fourth-order valence-corrected chi connectivity index (χ4v) is 7.22. The first-order valence-electron chi connectivity index (χ1n) is 13.5. The van der Waals surface area contributed by atoms with Gasteiger partial charge in [0.25, 0.3) is 0 Å². The van der Waals surface area contributed by atoms with Crippen LogP contribution in [-0.2, 0) is 11.3 Å². The lowest BCUT2D eigenvalue weighted by Crippen LogP contribution is -2.28. The summed E-state index contributed by atoms with van der Waals surface area (Å²) in [6, 6.07) is 6.24. The minimum absolute atomic E-state index is 0.0209. The van der Waals surface area contributed by atoms with Gasteiger partial charge in [0.1, 0.15) is 28.6 Å². The van der Waals surface area contributed by atoms with Crippen molar-refractivity contribution in [3.8, 4) is 11.3 Å². The molecule has 3 aliphatic rings. The molecule has 2 aromatic carbocycles. The van der Waals surface area contributed by atoms with Crippen LogP contribution in [0.2, 0.25) is 0 Å². The van der Waals surface area contributed by atoms with E-state index >= 15 is 0 Å². The van der Waals surface area contributed by atoms with E-state index in [9.17, 15) is 23.1 Å². The molecule has 0 unspecified atom stereocenters. The number of halogens is 3. The zero-order valence-electron chi connectivity index (χ0n) is 21.4. The lowest BCUT2D eigenvalue weighted by Gasteiger charge is -2.30. The van der Waals surface area contributed by atoms with Crippen molar-refractivity contribution in [2.24, 2.45) is 11.8 Å². The number of carbonyl (C=O) groups is 1. The highest BCUT2D eigenvalue weighted by molar-refractivity contribution is 7.22.